The first kappa shape index (κ1) is 77.2. The Morgan fingerprint density at radius 2 is 0.475 bits per heavy atom. The molecule has 18 aromatic rings. The van der Waals surface area contributed by atoms with Gasteiger partial charge in [0.15, 0.2) is 0 Å². The minimum absolute atomic E-state index is 0.274. The molecule has 1 aliphatic heterocycles. The van der Waals surface area contributed by atoms with Gasteiger partial charge >= 0.3 is 0 Å². The van der Waals surface area contributed by atoms with Gasteiger partial charge in [0.25, 0.3) is 17.7 Å². The molecule has 0 saturated heterocycles. The fourth-order valence-electron chi connectivity index (χ4n) is 19.2. The van der Waals surface area contributed by atoms with Crippen LogP contribution in [0.4, 0.5) is 17.1 Å². The van der Waals surface area contributed by atoms with E-state index >= 15 is 14.4 Å². The van der Waals surface area contributed by atoms with Crippen LogP contribution in [0.2, 0.25) is 0 Å². The fourth-order valence-corrected chi connectivity index (χ4v) is 19.2. The second kappa shape index (κ2) is 34.3. The fraction of sp³-hybridized carbons (Fsp3) is 0.286. The molecule has 0 unspecified atom stereocenters. The van der Waals surface area contributed by atoms with Crippen LogP contribution in [0.15, 0.2) is 237 Å². The third-order valence-electron chi connectivity index (χ3n) is 25.5. The Morgan fingerprint density at radius 1 is 0.242 bits per heavy atom. The maximum absolute atomic E-state index is 16.9. The van der Waals surface area contributed by atoms with Crippen molar-refractivity contribution in [2.75, 3.05) is 34.3 Å². The van der Waals surface area contributed by atoms with Crippen molar-refractivity contribution in [2.45, 2.75) is 175 Å². The summed E-state index contributed by atoms with van der Waals surface area (Å²) in [6.07, 6.45) is 27.5. The molecular weight excluding hydrogens is 1480 g/mol. The minimum Gasteiger partial charge on any atom is -0.308 e. The highest BCUT2D eigenvalue weighted by Crippen LogP contribution is 2.43. The molecular formula is C105H102N12O3. The van der Waals surface area contributed by atoms with E-state index in [1.165, 1.54) is 100 Å². The van der Waals surface area contributed by atoms with Crippen LogP contribution in [0.5, 0.6) is 0 Å². The summed E-state index contributed by atoms with van der Waals surface area (Å²) in [5, 5.41) is 51.2. The van der Waals surface area contributed by atoms with Gasteiger partial charge in [0.1, 0.15) is 17.1 Å². The number of amides is 3. The van der Waals surface area contributed by atoms with E-state index in [0.29, 0.717) is 126 Å². The number of rotatable bonds is 33. The molecule has 15 nitrogen and oxygen atoms in total. The van der Waals surface area contributed by atoms with Crippen molar-refractivity contribution < 1.29 is 14.4 Å². The molecule has 0 spiro atoms. The van der Waals surface area contributed by atoms with E-state index < -0.39 is 0 Å². The smallest absolute Gasteiger partial charge is 0.258 e. The molecule has 600 valence electrons. The van der Waals surface area contributed by atoms with Crippen molar-refractivity contribution in [2.24, 2.45) is 0 Å². The highest BCUT2D eigenvalue weighted by atomic mass is 16.2. The average molecular weight is 1580 g/mol. The molecule has 15 heteroatoms. The van der Waals surface area contributed by atoms with Crippen molar-refractivity contribution in [1.29, 1.82) is 0 Å². The van der Waals surface area contributed by atoms with E-state index in [4.69, 9.17) is 30.9 Å². The molecule has 19 rings (SSSR count). The van der Waals surface area contributed by atoms with Crippen LogP contribution < -0.4 is 14.7 Å². The topological polar surface area (TPSA) is 153 Å². The number of anilines is 3. The highest BCUT2D eigenvalue weighted by Gasteiger charge is 2.31. The van der Waals surface area contributed by atoms with Crippen molar-refractivity contribution in [3.8, 4) is 33.8 Å². The molecule has 0 fully saturated rings. The normalized spacial score (nSPS) is 13.0. The zero-order chi connectivity index (χ0) is 81.2. The van der Waals surface area contributed by atoms with Crippen LogP contribution in [0.3, 0.4) is 0 Å². The van der Waals surface area contributed by atoms with Gasteiger partial charge in [-0.15, -0.1) is 15.3 Å². The number of hydrogen-bond donors (Lipinski definition) is 0. The van der Waals surface area contributed by atoms with Crippen molar-refractivity contribution >= 4 is 132 Å². The lowest BCUT2D eigenvalue weighted by atomic mass is 9.92. The standard InChI is InChI=1S/C105H102N12O3/c1-4-7-10-13-16-19-22-52-115-88-58-82(94-67-112(109-106-94)64-79-43-40-76-37-34-70-28-25-31-73-46-49-91(79)100(76)97(70)73)56-86(61-88)104(119)117(54-24-21-18-15-12-9-6-3)90-60-84(96-69-114(111-108-96)66-81-45-42-78-39-36-72-30-27-33-75-48-51-93(81)102(78)99(72)75)57-87(63-90)105(120)116(53-23-20-17-14-11-8-5-2)89-59-83(55-85(62-89)103(115)118)95-68-113(110-107-95)65-80-44-41-77-38-35-71-29-26-32-74-47-50-92(80)101(77)98(71)74/h25-51,55-63,67-69H,4-24,52-54,64-66H2,1-3H3. The molecule has 4 heterocycles. The van der Waals surface area contributed by atoms with Crippen LogP contribution >= 0.6 is 0 Å². The van der Waals surface area contributed by atoms with Gasteiger partial charge in [0.05, 0.1) is 38.2 Å². The quantitative estimate of drug-likeness (QED) is 0.0289. The number of carbonyl (C=O) groups is 3. The Bertz CT molecular complexity index is 6100. The van der Waals surface area contributed by atoms with Gasteiger partial charge in [-0.3, -0.25) is 14.4 Å². The lowest BCUT2D eigenvalue weighted by Crippen LogP contribution is -2.34. The SMILES string of the molecule is CCCCCCCCCN1C(=O)c2cc(-c3cn(Cc4ccc5ccc6cccc7ccc4c5c67)nn3)cc(c2)N(CCCCCCCCC)C(=O)c2cc(-c3cn(Cc4ccc5ccc6cccc7ccc4c5c67)nn3)cc(c2)N(CCCCCCCCC)C(=O)c2cc(-c3cn(Cc4ccc5ccc6cccc7ccc4c5c67)nn3)cc1c2. The zero-order valence-electron chi connectivity index (χ0n) is 69.2. The third kappa shape index (κ3) is 15.4. The van der Waals surface area contributed by atoms with E-state index in [1.54, 1.807) is 0 Å². The van der Waals surface area contributed by atoms with Gasteiger partial charge in [-0.05, 0) is 188 Å². The van der Waals surface area contributed by atoms with Crippen LogP contribution in [-0.4, -0.2) is 82.3 Å². The van der Waals surface area contributed by atoms with Crippen LogP contribution in [0, 0.1) is 0 Å². The Kier molecular flexibility index (Phi) is 22.1. The largest absolute Gasteiger partial charge is 0.308 e. The summed E-state index contributed by atoms with van der Waals surface area (Å²) in [4.78, 5) is 56.3. The lowest BCUT2D eigenvalue weighted by molar-refractivity contribution is 0.0975. The number of carbonyl (C=O) groups excluding carboxylic acids is 3. The number of hydrogen-bond acceptors (Lipinski definition) is 9. The Labute approximate surface area is 700 Å². The third-order valence-corrected chi connectivity index (χ3v) is 25.5. The van der Waals surface area contributed by atoms with Crippen molar-refractivity contribution in [3.63, 3.8) is 0 Å². The van der Waals surface area contributed by atoms with E-state index in [9.17, 15) is 0 Å². The molecule has 0 saturated carbocycles. The predicted molar refractivity (Wildman–Crippen MR) is 493 cm³/mol. The molecule has 0 aliphatic carbocycles. The Hall–Kier alpha value is -12.8. The first-order chi connectivity index (χ1) is 59.1. The molecule has 3 aromatic heterocycles. The van der Waals surface area contributed by atoms with Gasteiger partial charge in [0, 0.05) is 70.1 Å². The van der Waals surface area contributed by atoms with Crippen LogP contribution in [0.1, 0.15) is 203 Å². The van der Waals surface area contributed by atoms with Crippen LogP contribution in [0.25, 0.3) is 131 Å². The van der Waals surface area contributed by atoms with Gasteiger partial charge in [-0.25, -0.2) is 14.0 Å². The molecule has 0 radical (unpaired) electrons. The van der Waals surface area contributed by atoms with E-state index in [0.717, 1.165) is 129 Å². The first-order valence-corrected chi connectivity index (χ1v) is 44.2. The van der Waals surface area contributed by atoms with Crippen molar-refractivity contribution in [3.05, 3.63) is 270 Å². The number of unbranched alkanes of at least 4 members (excludes halogenated alkanes) is 18. The monoisotopic (exact) mass is 1580 g/mol. The molecule has 0 atom stereocenters. The second-order valence-corrected chi connectivity index (χ2v) is 33.7. The van der Waals surface area contributed by atoms with Gasteiger partial charge < -0.3 is 14.7 Å². The Morgan fingerprint density at radius 3 is 0.750 bits per heavy atom. The van der Waals surface area contributed by atoms with Crippen molar-refractivity contribution in [1.82, 2.24) is 45.0 Å². The molecule has 1 aliphatic rings. The zero-order valence-corrected chi connectivity index (χ0v) is 69.2. The summed E-state index contributed by atoms with van der Waals surface area (Å²) in [5.74, 6) is -0.821. The number of fused-ring (bicyclic) bond motifs is 6. The maximum atomic E-state index is 16.9. The second-order valence-electron chi connectivity index (χ2n) is 33.7. The summed E-state index contributed by atoms with van der Waals surface area (Å²) in [6.45, 7) is 9.10. The van der Waals surface area contributed by atoms with E-state index in [2.05, 4.69) is 185 Å². The summed E-state index contributed by atoms with van der Waals surface area (Å²) in [7, 11) is 0. The molecule has 120 heavy (non-hydrogen) atoms. The Balaban J connectivity index is 0.770. The summed E-state index contributed by atoms with van der Waals surface area (Å²) >= 11 is 0. The molecule has 0 N–H and O–H groups in total. The van der Waals surface area contributed by atoms with Gasteiger partial charge in [0.2, 0.25) is 0 Å². The molecule has 15 aromatic carbocycles. The van der Waals surface area contributed by atoms with E-state index in [1.807, 2.05) is 102 Å². The number of nitrogens with zero attached hydrogens (tertiary/aromatic N) is 12. The summed E-state index contributed by atoms with van der Waals surface area (Å²) in [6, 6.07) is 76.9. The lowest BCUT2D eigenvalue weighted by Gasteiger charge is -2.27. The van der Waals surface area contributed by atoms with Gasteiger partial charge in [-0.1, -0.05) is 316 Å². The predicted octanol–water partition coefficient (Wildman–Crippen LogP) is 25.8. The maximum Gasteiger partial charge on any atom is 0.258 e. The van der Waals surface area contributed by atoms with E-state index in [-0.39, 0.29) is 17.7 Å². The molecule has 6 bridgehead atoms. The van der Waals surface area contributed by atoms with Crippen LogP contribution in [-0.2, 0) is 19.6 Å². The van der Waals surface area contributed by atoms with Gasteiger partial charge in [-0.2, -0.15) is 0 Å². The summed E-state index contributed by atoms with van der Waals surface area (Å²) < 4.78 is 5.66. The first-order valence-electron chi connectivity index (χ1n) is 44.2. The minimum atomic E-state index is -0.274. The molecule has 3 amide bonds. The average Bonchev–Trinajstić information content (AvgIpc) is 0.840. The summed E-state index contributed by atoms with van der Waals surface area (Å²) in [5.41, 5.74) is 9.65. The number of aromatic nitrogens is 9. The highest BCUT2D eigenvalue weighted by molar-refractivity contribution is 6.26. The number of benzene rings is 15.